The van der Waals surface area contributed by atoms with Crippen molar-refractivity contribution in [3.8, 4) is 0 Å². The van der Waals surface area contributed by atoms with Crippen LogP contribution in [0, 0.1) is 6.07 Å². The summed E-state index contributed by atoms with van der Waals surface area (Å²) in [4.78, 5) is 11.4. The van der Waals surface area contributed by atoms with Crippen LogP contribution in [-0.2, 0) is 0 Å². The minimum Gasteiger partial charge on any atom is -0.352 e. The second-order valence-electron chi connectivity index (χ2n) is 2.62. The molecule has 0 aromatic heterocycles. The number of benzene rings is 1. The topological polar surface area (TPSA) is 29.1 Å². The lowest BCUT2D eigenvalue weighted by Gasteiger charge is -2.01. The number of nitrogens with one attached hydrogen (secondary N) is 1. The van der Waals surface area contributed by atoms with Crippen LogP contribution in [0.15, 0.2) is 36.9 Å². The number of hydrogen-bond acceptors (Lipinski definition) is 1. The second kappa shape index (κ2) is 5.14. The largest absolute Gasteiger partial charge is 0.352 e. The van der Waals surface area contributed by atoms with E-state index in [0.717, 1.165) is 6.42 Å². The number of hydrogen-bond donors (Lipinski definition) is 1. The van der Waals surface area contributed by atoms with E-state index >= 15 is 0 Å². The Morgan fingerprint density at radius 3 is 2.85 bits per heavy atom. The van der Waals surface area contributed by atoms with Crippen molar-refractivity contribution in [2.45, 2.75) is 6.42 Å². The second-order valence-corrected chi connectivity index (χ2v) is 2.62. The molecule has 2 heteroatoms. The minimum atomic E-state index is -0.0455. The van der Waals surface area contributed by atoms with Crippen LogP contribution >= 0.6 is 0 Å². The van der Waals surface area contributed by atoms with Crippen molar-refractivity contribution < 1.29 is 4.79 Å². The van der Waals surface area contributed by atoms with Crippen LogP contribution < -0.4 is 5.32 Å². The van der Waals surface area contributed by atoms with Gasteiger partial charge in [0.2, 0.25) is 0 Å². The predicted octanol–water partition coefficient (Wildman–Crippen LogP) is 1.79. The first-order chi connectivity index (χ1) is 6.34. The number of rotatable bonds is 4. The molecular formula is C11H12NO. The molecule has 0 heterocycles. The van der Waals surface area contributed by atoms with E-state index in [9.17, 15) is 4.79 Å². The van der Waals surface area contributed by atoms with Crippen molar-refractivity contribution >= 4 is 5.91 Å². The highest BCUT2D eigenvalue weighted by molar-refractivity contribution is 5.94. The Kier molecular flexibility index (Phi) is 3.76. The van der Waals surface area contributed by atoms with E-state index < -0.39 is 0 Å². The molecular weight excluding hydrogens is 162 g/mol. The van der Waals surface area contributed by atoms with Crippen LogP contribution in [0.3, 0.4) is 0 Å². The molecule has 0 spiro atoms. The molecule has 0 aliphatic carbocycles. The summed E-state index contributed by atoms with van der Waals surface area (Å²) in [5.74, 6) is -0.0455. The van der Waals surface area contributed by atoms with Crippen molar-refractivity contribution in [1.29, 1.82) is 0 Å². The van der Waals surface area contributed by atoms with Crippen LogP contribution in [0.2, 0.25) is 0 Å². The average Bonchev–Trinajstić information content (AvgIpc) is 2.19. The van der Waals surface area contributed by atoms with Gasteiger partial charge in [0.15, 0.2) is 0 Å². The van der Waals surface area contributed by atoms with Crippen molar-refractivity contribution in [3.05, 3.63) is 48.6 Å². The van der Waals surface area contributed by atoms with Gasteiger partial charge in [-0.25, -0.2) is 0 Å². The lowest BCUT2D eigenvalue weighted by Crippen LogP contribution is -2.23. The van der Waals surface area contributed by atoms with Gasteiger partial charge in [0.05, 0.1) is 0 Å². The van der Waals surface area contributed by atoms with Gasteiger partial charge < -0.3 is 5.32 Å². The van der Waals surface area contributed by atoms with Gasteiger partial charge in [-0.2, -0.15) is 0 Å². The maximum Gasteiger partial charge on any atom is 0.251 e. The lowest BCUT2D eigenvalue weighted by molar-refractivity contribution is 0.0954. The third kappa shape index (κ3) is 3.11. The van der Waals surface area contributed by atoms with Gasteiger partial charge in [-0.15, -0.1) is 6.58 Å². The van der Waals surface area contributed by atoms with Crippen LogP contribution in [0.4, 0.5) is 0 Å². The average molecular weight is 174 g/mol. The molecule has 1 aromatic carbocycles. The zero-order chi connectivity index (χ0) is 9.52. The Morgan fingerprint density at radius 2 is 2.23 bits per heavy atom. The van der Waals surface area contributed by atoms with Crippen molar-refractivity contribution in [2.75, 3.05) is 6.54 Å². The normalized spacial score (nSPS) is 9.23. The summed E-state index contributed by atoms with van der Waals surface area (Å²) in [7, 11) is 0. The highest BCUT2D eigenvalue weighted by atomic mass is 16.1. The molecule has 13 heavy (non-hydrogen) atoms. The maximum absolute atomic E-state index is 11.4. The van der Waals surface area contributed by atoms with E-state index in [4.69, 9.17) is 0 Å². The zero-order valence-electron chi connectivity index (χ0n) is 7.42. The van der Waals surface area contributed by atoms with Gasteiger partial charge in [-0.3, -0.25) is 4.79 Å². The molecule has 1 rings (SSSR count). The summed E-state index contributed by atoms with van der Waals surface area (Å²) in [6, 6.07) is 9.79. The molecule has 67 valence electrons. The van der Waals surface area contributed by atoms with Crippen LogP contribution in [0.1, 0.15) is 16.8 Å². The van der Waals surface area contributed by atoms with Gasteiger partial charge in [0.1, 0.15) is 0 Å². The molecule has 1 N–H and O–H groups in total. The quantitative estimate of drug-likeness (QED) is 0.547. The monoisotopic (exact) mass is 174 g/mol. The minimum absolute atomic E-state index is 0.0455. The summed E-state index contributed by atoms with van der Waals surface area (Å²) in [6.45, 7) is 4.21. The number of carbonyl (C=O) groups excluding carboxylic acids is 1. The van der Waals surface area contributed by atoms with Gasteiger partial charge >= 0.3 is 0 Å². The Balaban J connectivity index is 2.45. The van der Waals surface area contributed by atoms with E-state index in [1.54, 1.807) is 30.3 Å². The van der Waals surface area contributed by atoms with E-state index in [1.807, 2.05) is 0 Å². The zero-order valence-corrected chi connectivity index (χ0v) is 7.42. The molecule has 0 aliphatic rings. The summed E-state index contributed by atoms with van der Waals surface area (Å²) in [5, 5.41) is 2.78. The molecule has 0 atom stereocenters. The molecule has 1 aromatic rings. The molecule has 1 amide bonds. The molecule has 0 saturated carbocycles. The summed E-state index contributed by atoms with van der Waals surface area (Å²) in [5.41, 5.74) is 0.669. The summed E-state index contributed by atoms with van der Waals surface area (Å²) >= 11 is 0. The molecule has 0 unspecified atom stereocenters. The van der Waals surface area contributed by atoms with Gasteiger partial charge in [-0.05, 0) is 24.6 Å². The fourth-order valence-electron chi connectivity index (χ4n) is 0.928. The van der Waals surface area contributed by atoms with E-state index in [-0.39, 0.29) is 5.91 Å². The third-order valence-corrected chi connectivity index (χ3v) is 1.61. The lowest BCUT2D eigenvalue weighted by atomic mass is 10.2. The Hall–Kier alpha value is -1.57. The Morgan fingerprint density at radius 1 is 1.54 bits per heavy atom. The molecule has 2 nitrogen and oxygen atoms in total. The van der Waals surface area contributed by atoms with Gasteiger partial charge in [0, 0.05) is 12.1 Å². The predicted molar refractivity (Wildman–Crippen MR) is 52.4 cm³/mol. The fraction of sp³-hybridized carbons (Fsp3) is 0.182. The summed E-state index contributed by atoms with van der Waals surface area (Å²) < 4.78 is 0. The van der Waals surface area contributed by atoms with Crippen molar-refractivity contribution in [2.24, 2.45) is 0 Å². The first kappa shape index (κ1) is 9.52. The Labute approximate surface area is 78.3 Å². The number of amides is 1. The highest BCUT2D eigenvalue weighted by Gasteiger charge is 2.01. The van der Waals surface area contributed by atoms with Gasteiger partial charge in [0.25, 0.3) is 5.91 Å². The smallest absolute Gasteiger partial charge is 0.251 e. The fourth-order valence-corrected chi connectivity index (χ4v) is 0.928. The van der Waals surface area contributed by atoms with Crippen molar-refractivity contribution in [3.63, 3.8) is 0 Å². The van der Waals surface area contributed by atoms with Crippen LogP contribution in [0.5, 0.6) is 0 Å². The molecule has 0 fully saturated rings. The third-order valence-electron chi connectivity index (χ3n) is 1.61. The van der Waals surface area contributed by atoms with Gasteiger partial charge in [-0.1, -0.05) is 18.2 Å². The highest BCUT2D eigenvalue weighted by Crippen LogP contribution is 1.96. The Bertz CT molecular complexity index is 279. The first-order valence-electron chi connectivity index (χ1n) is 4.20. The van der Waals surface area contributed by atoms with Crippen LogP contribution in [0.25, 0.3) is 0 Å². The number of carbonyl (C=O) groups is 1. The van der Waals surface area contributed by atoms with E-state index in [1.165, 1.54) is 0 Å². The van der Waals surface area contributed by atoms with E-state index in [2.05, 4.69) is 18.0 Å². The molecule has 0 bridgehead atoms. The van der Waals surface area contributed by atoms with Crippen LogP contribution in [-0.4, -0.2) is 12.5 Å². The summed E-state index contributed by atoms with van der Waals surface area (Å²) in [6.07, 6.45) is 2.57. The maximum atomic E-state index is 11.4. The molecule has 0 aliphatic heterocycles. The van der Waals surface area contributed by atoms with E-state index in [0.29, 0.717) is 12.1 Å². The van der Waals surface area contributed by atoms with Crippen molar-refractivity contribution in [1.82, 2.24) is 5.32 Å². The molecule has 1 radical (unpaired) electrons. The first-order valence-corrected chi connectivity index (χ1v) is 4.20. The SMILES string of the molecule is C=CCCNC(=O)c1cc[c]cc1. The molecule has 0 saturated heterocycles. The standard InChI is InChI=1S/C11H12NO/c1-2-3-9-12-11(13)10-7-5-4-6-8-10/h2,5-8H,1,3,9H2,(H,12,13).